The van der Waals surface area contributed by atoms with Crippen LogP contribution >= 0.6 is 0 Å². The molecule has 0 atom stereocenters. The molecule has 0 amide bonds. The third-order valence-electron chi connectivity index (χ3n) is 2.11. The number of nitrogens with two attached hydrogens (primary N) is 1. The van der Waals surface area contributed by atoms with Gasteiger partial charge in [-0.3, -0.25) is 0 Å². The maximum Gasteiger partial charge on any atom is 0.402 e. The molecule has 0 rings (SSSR count). The summed E-state index contributed by atoms with van der Waals surface area (Å²) < 4.78 is 62.1. The van der Waals surface area contributed by atoms with Gasteiger partial charge in [0.2, 0.25) is 0 Å². The fraction of sp³-hybridized carbons (Fsp3) is 0.889. The zero-order valence-electron chi connectivity index (χ0n) is 11.2. The van der Waals surface area contributed by atoms with Crippen LogP contribution in [0.25, 0.3) is 0 Å². The summed E-state index contributed by atoms with van der Waals surface area (Å²) in [7, 11) is -4.28. The van der Waals surface area contributed by atoms with E-state index < -0.39 is 22.9 Å². The normalized spacial score (nSPS) is 14.2. The number of alkyl halides is 3. The molecule has 7 nitrogen and oxygen atoms in total. The molecule has 0 spiro atoms. The quantitative estimate of drug-likeness (QED) is 0.261. The fourth-order valence-corrected chi connectivity index (χ4v) is 2.63. The summed E-state index contributed by atoms with van der Waals surface area (Å²) >= 11 is 0. The van der Waals surface area contributed by atoms with Gasteiger partial charge in [0.1, 0.15) is 12.4 Å². The van der Waals surface area contributed by atoms with Gasteiger partial charge < -0.3 is 10.9 Å². The van der Waals surface area contributed by atoms with E-state index in [-0.39, 0.29) is 31.3 Å². The molecule has 4 N–H and O–H groups in total. The van der Waals surface area contributed by atoms with Gasteiger partial charge >= 0.3 is 6.18 Å². The number of hydrogen-bond donors (Lipinski definition) is 3. The van der Waals surface area contributed by atoms with Crippen molar-refractivity contribution >= 4 is 16.0 Å². The molecule has 0 saturated carbocycles. The SMILES string of the molecule is CC(C)CN(CCC(N)=NO)S(=O)(=O)NCC(F)(F)F. The van der Waals surface area contributed by atoms with Crippen LogP contribution < -0.4 is 10.5 Å². The Morgan fingerprint density at radius 1 is 1.45 bits per heavy atom. The number of nitrogens with one attached hydrogen (secondary N) is 1. The lowest BCUT2D eigenvalue weighted by atomic mass is 10.2. The van der Waals surface area contributed by atoms with Gasteiger partial charge in [0.15, 0.2) is 0 Å². The minimum Gasteiger partial charge on any atom is -0.409 e. The van der Waals surface area contributed by atoms with Crippen LogP contribution in [0.3, 0.4) is 0 Å². The zero-order chi connectivity index (χ0) is 16.0. The van der Waals surface area contributed by atoms with Crippen molar-refractivity contribution in [3.05, 3.63) is 0 Å². The predicted molar refractivity (Wildman–Crippen MR) is 67.4 cm³/mol. The summed E-state index contributed by atoms with van der Waals surface area (Å²) in [5.74, 6) is -0.297. The average Bonchev–Trinajstić information content (AvgIpc) is 2.30. The van der Waals surface area contributed by atoms with Gasteiger partial charge in [-0.25, -0.2) is 0 Å². The summed E-state index contributed by atoms with van der Waals surface area (Å²) in [4.78, 5) is 0. The smallest absolute Gasteiger partial charge is 0.402 e. The Balaban J connectivity index is 4.82. The van der Waals surface area contributed by atoms with E-state index in [4.69, 9.17) is 10.9 Å². The van der Waals surface area contributed by atoms with E-state index in [1.165, 1.54) is 4.72 Å². The highest BCUT2D eigenvalue weighted by molar-refractivity contribution is 7.87. The summed E-state index contributed by atoms with van der Waals surface area (Å²) in [5, 5.41) is 11.1. The highest BCUT2D eigenvalue weighted by atomic mass is 32.2. The topological polar surface area (TPSA) is 108 Å². The Morgan fingerprint density at radius 3 is 2.40 bits per heavy atom. The Kier molecular flexibility index (Phi) is 7.23. The summed E-state index contributed by atoms with van der Waals surface area (Å²) in [6, 6.07) is 0. The first-order valence-electron chi connectivity index (χ1n) is 5.76. The summed E-state index contributed by atoms with van der Waals surface area (Å²) in [6.07, 6.45) is -4.72. The summed E-state index contributed by atoms with van der Waals surface area (Å²) in [6.45, 7) is 1.63. The molecular weight excluding hydrogens is 301 g/mol. The molecule has 0 aliphatic heterocycles. The number of rotatable bonds is 8. The van der Waals surface area contributed by atoms with E-state index in [2.05, 4.69) is 5.16 Å². The standard InChI is InChI=1S/C9H19F3N4O3S/c1-7(2)5-16(4-3-8(13)15-17)20(18,19)14-6-9(10,11)12/h7,14,17H,3-6H2,1-2H3,(H2,13,15). The van der Waals surface area contributed by atoms with Crippen LogP contribution in [0.2, 0.25) is 0 Å². The molecular formula is C9H19F3N4O3S. The second-order valence-electron chi connectivity index (χ2n) is 4.53. The van der Waals surface area contributed by atoms with E-state index in [0.717, 1.165) is 4.31 Å². The third kappa shape index (κ3) is 8.17. The largest absolute Gasteiger partial charge is 0.409 e. The van der Waals surface area contributed by atoms with Crippen LogP contribution in [0.5, 0.6) is 0 Å². The molecule has 0 aliphatic rings. The summed E-state index contributed by atoms with van der Waals surface area (Å²) in [5.41, 5.74) is 5.22. The van der Waals surface area contributed by atoms with Crippen LogP contribution in [0, 0.1) is 5.92 Å². The minimum absolute atomic E-state index is 0.0197. The molecule has 0 bridgehead atoms. The van der Waals surface area contributed by atoms with Crippen LogP contribution in [0.1, 0.15) is 20.3 Å². The number of hydrogen-bond acceptors (Lipinski definition) is 4. The first-order chi connectivity index (χ1) is 8.98. The van der Waals surface area contributed by atoms with Crippen molar-refractivity contribution in [1.29, 1.82) is 0 Å². The van der Waals surface area contributed by atoms with Crippen LogP contribution in [0.4, 0.5) is 13.2 Å². The molecule has 0 aliphatic carbocycles. The Morgan fingerprint density at radius 2 is 2.00 bits per heavy atom. The fourth-order valence-electron chi connectivity index (χ4n) is 1.27. The zero-order valence-corrected chi connectivity index (χ0v) is 12.0. The predicted octanol–water partition coefficient (Wildman–Crippen LogP) is 0.478. The van der Waals surface area contributed by atoms with Crippen LogP contribution in [-0.2, 0) is 10.2 Å². The Labute approximate surface area is 115 Å². The number of amidine groups is 1. The van der Waals surface area contributed by atoms with Crippen molar-refractivity contribution < 1.29 is 26.8 Å². The molecule has 0 aromatic carbocycles. The van der Waals surface area contributed by atoms with Crippen molar-refractivity contribution in [2.24, 2.45) is 16.8 Å². The third-order valence-corrected chi connectivity index (χ3v) is 3.63. The van der Waals surface area contributed by atoms with E-state index >= 15 is 0 Å². The monoisotopic (exact) mass is 320 g/mol. The molecule has 0 aromatic heterocycles. The van der Waals surface area contributed by atoms with Gasteiger partial charge in [-0.05, 0) is 5.92 Å². The molecule has 0 radical (unpaired) electrons. The highest BCUT2D eigenvalue weighted by Crippen LogP contribution is 2.14. The van der Waals surface area contributed by atoms with Gasteiger partial charge in [-0.15, -0.1) is 0 Å². The van der Waals surface area contributed by atoms with Crippen LogP contribution in [0.15, 0.2) is 5.16 Å². The van der Waals surface area contributed by atoms with E-state index in [0.29, 0.717) is 0 Å². The maximum absolute atomic E-state index is 12.1. The molecule has 0 aromatic rings. The average molecular weight is 320 g/mol. The second-order valence-corrected chi connectivity index (χ2v) is 6.29. The number of oxime groups is 1. The number of halogens is 3. The van der Waals surface area contributed by atoms with Crippen LogP contribution in [-0.4, -0.2) is 49.6 Å². The van der Waals surface area contributed by atoms with E-state index in [1.807, 2.05) is 0 Å². The van der Waals surface area contributed by atoms with Crippen molar-refractivity contribution in [3.8, 4) is 0 Å². The first kappa shape index (κ1) is 18.9. The van der Waals surface area contributed by atoms with Crippen molar-refractivity contribution in [2.45, 2.75) is 26.4 Å². The lowest BCUT2D eigenvalue weighted by molar-refractivity contribution is -0.121. The number of nitrogens with zero attached hydrogens (tertiary/aromatic N) is 2. The van der Waals surface area contributed by atoms with E-state index in [1.54, 1.807) is 13.8 Å². The van der Waals surface area contributed by atoms with Crippen molar-refractivity contribution in [1.82, 2.24) is 9.03 Å². The van der Waals surface area contributed by atoms with Crippen molar-refractivity contribution in [2.75, 3.05) is 19.6 Å². The first-order valence-corrected chi connectivity index (χ1v) is 7.20. The van der Waals surface area contributed by atoms with Gasteiger partial charge in [0, 0.05) is 19.5 Å². The molecule has 120 valence electrons. The lowest BCUT2D eigenvalue weighted by Gasteiger charge is -2.24. The maximum atomic E-state index is 12.1. The van der Waals surface area contributed by atoms with Crippen molar-refractivity contribution in [3.63, 3.8) is 0 Å². The minimum atomic E-state index is -4.64. The molecule has 0 unspecified atom stereocenters. The highest BCUT2D eigenvalue weighted by Gasteiger charge is 2.32. The van der Waals surface area contributed by atoms with E-state index in [9.17, 15) is 21.6 Å². The van der Waals surface area contributed by atoms with Gasteiger partial charge in [-0.2, -0.15) is 30.6 Å². The molecule has 11 heteroatoms. The lowest BCUT2D eigenvalue weighted by Crippen LogP contribution is -2.46. The molecule has 20 heavy (non-hydrogen) atoms. The molecule has 0 fully saturated rings. The van der Waals surface area contributed by atoms with Gasteiger partial charge in [0.05, 0.1) is 0 Å². The second kappa shape index (κ2) is 7.64. The Bertz CT molecular complexity index is 423. The van der Waals surface area contributed by atoms with Gasteiger partial charge in [-0.1, -0.05) is 19.0 Å². The van der Waals surface area contributed by atoms with Gasteiger partial charge in [0.25, 0.3) is 10.2 Å². The molecule has 0 saturated heterocycles. The molecule has 0 heterocycles. The Hall–Kier alpha value is -1.07.